The summed E-state index contributed by atoms with van der Waals surface area (Å²) in [5, 5.41) is 11.6. The minimum atomic E-state index is -1.10. The number of nitrogens with zero attached hydrogens (tertiary/aromatic N) is 1. The Morgan fingerprint density at radius 2 is 2.14 bits per heavy atom. The number of halogens is 2. The van der Waals surface area contributed by atoms with E-state index in [0.717, 1.165) is 10.4 Å². The number of benzene rings is 1. The molecule has 0 unspecified atom stereocenters. The molecule has 0 bridgehead atoms. The Balaban J connectivity index is 2.40. The predicted molar refractivity (Wildman–Crippen MR) is 84.4 cm³/mol. The van der Waals surface area contributed by atoms with Crippen LogP contribution in [-0.4, -0.2) is 16.1 Å². The van der Waals surface area contributed by atoms with Gasteiger partial charge in [0.05, 0.1) is 21.7 Å². The van der Waals surface area contributed by atoms with Gasteiger partial charge >= 0.3 is 5.97 Å². The molecule has 1 N–H and O–H groups in total. The summed E-state index contributed by atoms with van der Waals surface area (Å²) in [6, 6.07) is 5.93. The Kier molecular flexibility index (Phi) is 3.51. The summed E-state index contributed by atoms with van der Waals surface area (Å²) in [6.45, 7) is 1.94. The van der Waals surface area contributed by atoms with Gasteiger partial charge in [0.15, 0.2) is 0 Å². The Morgan fingerprint density at radius 1 is 1.38 bits per heavy atom. The fourth-order valence-electron chi connectivity index (χ4n) is 2.18. The fourth-order valence-corrected chi connectivity index (χ4v) is 3.59. The molecular formula is C15H9BrFNO2S. The number of hydrogen-bond acceptors (Lipinski definition) is 3. The van der Waals surface area contributed by atoms with Crippen LogP contribution in [0.25, 0.3) is 21.5 Å². The molecular weight excluding hydrogens is 357 g/mol. The number of carboxylic acids is 1. The van der Waals surface area contributed by atoms with E-state index in [1.807, 2.05) is 18.4 Å². The van der Waals surface area contributed by atoms with Crippen LogP contribution in [0.4, 0.5) is 4.39 Å². The molecule has 0 amide bonds. The van der Waals surface area contributed by atoms with Crippen LogP contribution in [0.15, 0.2) is 34.1 Å². The molecule has 6 heteroatoms. The van der Waals surface area contributed by atoms with Crippen molar-refractivity contribution in [2.75, 3.05) is 0 Å². The maximum absolute atomic E-state index is 13.5. The highest BCUT2D eigenvalue weighted by molar-refractivity contribution is 9.10. The molecule has 2 aromatic heterocycles. The molecule has 106 valence electrons. The molecule has 0 radical (unpaired) electrons. The van der Waals surface area contributed by atoms with E-state index in [4.69, 9.17) is 0 Å². The monoisotopic (exact) mass is 365 g/mol. The Morgan fingerprint density at radius 3 is 2.76 bits per heavy atom. The quantitative estimate of drug-likeness (QED) is 0.704. The van der Waals surface area contributed by atoms with Gasteiger partial charge in [-0.25, -0.2) is 14.2 Å². The first-order valence-corrected chi connectivity index (χ1v) is 7.72. The van der Waals surface area contributed by atoms with E-state index in [-0.39, 0.29) is 10.9 Å². The molecule has 3 rings (SSSR count). The summed E-state index contributed by atoms with van der Waals surface area (Å²) < 4.78 is 14.0. The standard InChI is InChI=1S/C15H9BrFNO2S/c1-7-2-3-21-14(7)12-6-10(15(19)20)9-4-8(17)5-11(16)13(9)18-12/h2-6H,1H3,(H,19,20). The van der Waals surface area contributed by atoms with Crippen molar-refractivity contribution in [3.8, 4) is 10.6 Å². The number of aryl methyl sites for hydroxylation is 1. The topological polar surface area (TPSA) is 50.2 Å². The third-order valence-electron chi connectivity index (χ3n) is 3.16. The smallest absolute Gasteiger partial charge is 0.336 e. The van der Waals surface area contributed by atoms with Crippen LogP contribution in [-0.2, 0) is 0 Å². The van der Waals surface area contributed by atoms with E-state index < -0.39 is 11.8 Å². The summed E-state index contributed by atoms with van der Waals surface area (Å²) >= 11 is 4.75. The van der Waals surface area contributed by atoms with Crippen LogP contribution in [0.5, 0.6) is 0 Å². The highest BCUT2D eigenvalue weighted by Crippen LogP contribution is 2.33. The van der Waals surface area contributed by atoms with Crippen molar-refractivity contribution in [2.24, 2.45) is 0 Å². The number of aromatic carboxylic acids is 1. The van der Waals surface area contributed by atoms with Gasteiger partial charge in [-0.15, -0.1) is 11.3 Å². The first-order chi connectivity index (χ1) is 9.97. The number of pyridine rings is 1. The van der Waals surface area contributed by atoms with Crippen LogP contribution in [0, 0.1) is 12.7 Å². The van der Waals surface area contributed by atoms with Crippen molar-refractivity contribution in [2.45, 2.75) is 6.92 Å². The average Bonchev–Trinajstić information content (AvgIpc) is 2.84. The number of fused-ring (bicyclic) bond motifs is 1. The second-order valence-corrected chi connectivity index (χ2v) is 6.35. The van der Waals surface area contributed by atoms with Crippen molar-refractivity contribution in [1.29, 1.82) is 0 Å². The zero-order valence-corrected chi connectivity index (χ0v) is 13.3. The minimum Gasteiger partial charge on any atom is -0.478 e. The zero-order valence-electron chi connectivity index (χ0n) is 10.9. The lowest BCUT2D eigenvalue weighted by Gasteiger charge is -2.08. The van der Waals surface area contributed by atoms with Crippen molar-refractivity contribution < 1.29 is 14.3 Å². The van der Waals surface area contributed by atoms with Crippen molar-refractivity contribution >= 4 is 44.1 Å². The van der Waals surface area contributed by atoms with Crippen LogP contribution < -0.4 is 0 Å². The minimum absolute atomic E-state index is 0.0444. The third kappa shape index (κ3) is 2.45. The molecule has 2 heterocycles. The molecule has 0 aliphatic heterocycles. The summed E-state index contributed by atoms with van der Waals surface area (Å²) in [6.07, 6.45) is 0. The van der Waals surface area contributed by atoms with Crippen LogP contribution in [0.2, 0.25) is 0 Å². The second kappa shape index (κ2) is 5.20. The van der Waals surface area contributed by atoms with Crippen molar-refractivity contribution in [3.63, 3.8) is 0 Å². The van der Waals surface area contributed by atoms with E-state index in [0.29, 0.717) is 15.7 Å². The van der Waals surface area contributed by atoms with Gasteiger partial charge in [-0.3, -0.25) is 0 Å². The van der Waals surface area contributed by atoms with Gasteiger partial charge < -0.3 is 5.11 Å². The van der Waals surface area contributed by atoms with Crippen molar-refractivity contribution in [1.82, 2.24) is 4.98 Å². The van der Waals surface area contributed by atoms with Gasteiger partial charge in [0.2, 0.25) is 0 Å². The number of carboxylic acid groups (broad SMARTS) is 1. The Bertz CT molecular complexity index is 875. The molecule has 21 heavy (non-hydrogen) atoms. The highest BCUT2D eigenvalue weighted by atomic mass is 79.9. The van der Waals surface area contributed by atoms with Crippen LogP contribution in [0.3, 0.4) is 0 Å². The molecule has 3 aromatic rings. The number of thiophene rings is 1. The van der Waals surface area contributed by atoms with E-state index in [2.05, 4.69) is 20.9 Å². The maximum Gasteiger partial charge on any atom is 0.336 e. The van der Waals surface area contributed by atoms with Gasteiger partial charge in [0.1, 0.15) is 5.82 Å². The largest absolute Gasteiger partial charge is 0.478 e. The number of hydrogen-bond donors (Lipinski definition) is 1. The third-order valence-corrected chi connectivity index (χ3v) is 4.80. The summed E-state index contributed by atoms with van der Waals surface area (Å²) in [5.74, 6) is -1.60. The number of aromatic nitrogens is 1. The molecule has 0 aliphatic carbocycles. The zero-order chi connectivity index (χ0) is 15.1. The molecule has 0 saturated heterocycles. The normalized spacial score (nSPS) is 11.0. The van der Waals surface area contributed by atoms with Gasteiger partial charge in [-0.05, 0) is 58.1 Å². The van der Waals surface area contributed by atoms with Crippen molar-refractivity contribution in [3.05, 3.63) is 51.1 Å². The molecule has 0 atom stereocenters. The lowest BCUT2D eigenvalue weighted by Crippen LogP contribution is -2.01. The van der Waals surface area contributed by atoms with Crippen LogP contribution in [0.1, 0.15) is 15.9 Å². The molecule has 0 saturated carbocycles. The molecule has 0 aliphatic rings. The first kappa shape index (κ1) is 14.2. The molecule has 0 spiro atoms. The van der Waals surface area contributed by atoms with E-state index in [9.17, 15) is 14.3 Å². The van der Waals surface area contributed by atoms with E-state index in [1.165, 1.54) is 29.5 Å². The lowest BCUT2D eigenvalue weighted by atomic mass is 10.1. The molecule has 1 aromatic carbocycles. The number of rotatable bonds is 2. The molecule has 0 fully saturated rings. The highest BCUT2D eigenvalue weighted by Gasteiger charge is 2.17. The fraction of sp³-hybridized carbons (Fsp3) is 0.0667. The number of carbonyl (C=O) groups is 1. The first-order valence-electron chi connectivity index (χ1n) is 6.05. The Labute approximate surface area is 132 Å². The average molecular weight is 366 g/mol. The van der Waals surface area contributed by atoms with Gasteiger partial charge in [-0.1, -0.05) is 0 Å². The summed E-state index contributed by atoms with van der Waals surface area (Å²) in [7, 11) is 0. The maximum atomic E-state index is 13.5. The second-order valence-electron chi connectivity index (χ2n) is 4.58. The molecule has 3 nitrogen and oxygen atoms in total. The van der Waals surface area contributed by atoms with E-state index >= 15 is 0 Å². The predicted octanol–water partition coefficient (Wildman–Crippen LogP) is 4.87. The Hall–Kier alpha value is -1.79. The SMILES string of the molecule is Cc1ccsc1-c1cc(C(=O)O)c2cc(F)cc(Br)c2n1. The van der Waals surface area contributed by atoms with Gasteiger partial charge in [0.25, 0.3) is 0 Å². The van der Waals surface area contributed by atoms with Gasteiger partial charge in [0, 0.05) is 9.86 Å². The van der Waals surface area contributed by atoms with Crippen LogP contribution >= 0.6 is 27.3 Å². The summed E-state index contributed by atoms with van der Waals surface area (Å²) in [4.78, 5) is 16.9. The summed E-state index contributed by atoms with van der Waals surface area (Å²) in [5.41, 5.74) is 2.10. The van der Waals surface area contributed by atoms with Gasteiger partial charge in [-0.2, -0.15) is 0 Å². The van der Waals surface area contributed by atoms with E-state index in [1.54, 1.807) is 0 Å². The lowest BCUT2D eigenvalue weighted by molar-refractivity contribution is 0.0699.